The Bertz CT molecular complexity index is 405. The lowest BCUT2D eigenvalue weighted by atomic mass is 9.53. The molecular weight excluding hydrogens is 232 g/mol. The van der Waals surface area contributed by atoms with E-state index < -0.39 is 5.60 Å². The summed E-state index contributed by atoms with van der Waals surface area (Å²) in [6.45, 7) is 6.23. The summed E-state index contributed by atoms with van der Waals surface area (Å²) in [4.78, 5) is 16.4. The zero-order chi connectivity index (χ0) is 13.0. The van der Waals surface area contributed by atoms with Crippen LogP contribution < -0.4 is 0 Å². The lowest BCUT2D eigenvalue weighted by Gasteiger charge is -2.55. The second kappa shape index (κ2) is 3.81. The van der Waals surface area contributed by atoms with Gasteiger partial charge in [-0.1, -0.05) is 13.5 Å². The molecule has 3 rings (SSSR count). The maximum absolute atomic E-state index is 11.4. The monoisotopic (exact) mass is 252 g/mol. The number of esters is 1. The molecule has 18 heavy (non-hydrogen) atoms. The molecule has 0 spiro atoms. The van der Waals surface area contributed by atoms with E-state index in [1.54, 1.807) is 0 Å². The zero-order valence-corrected chi connectivity index (χ0v) is 10.8. The van der Waals surface area contributed by atoms with Gasteiger partial charge in [-0.15, -0.1) is 0 Å². The summed E-state index contributed by atoms with van der Waals surface area (Å²) in [5, 5.41) is 9.51. The van der Waals surface area contributed by atoms with Gasteiger partial charge >= 0.3 is 5.97 Å². The Morgan fingerprint density at radius 1 is 1.50 bits per heavy atom. The van der Waals surface area contributed by atoms with Crippen molar-refractivity contribution >= 4 is 5.97 Å². The van der Waals surface area contributed by atoms with Crippen LogP contribution in [0.1, 0.15) is 45.4 Å². The number of carbonyl (C=O) groups is 1. The third kappa shape index (κ3) is 1.42. The van der Waals surface area contributed by atoms with Crippen LogP contribution in [0.25, 0.3) is 0 Å². The van der Waals surface area contributed by atoms with Gasteiger partial charge < -0.3 is 4.74 Å². The van der Waals surface area contributed by atoms with E-state index in [1.165, 1.54) is 0 Å². The van der Waals surface area contributed by atoms with Crippen molar-refractivity contribution in [1.29, 1.82) is 0 Å². The summed E-state index contributed by atoms with van der Waals surface area (Å²) >= 11 is 0. The lowest BCUT2D eigenvalue weighted by molar-refractivity contribution is -0.358. The average molecular weight is 252 g/mol. The van der Waals surface area contributed by atoms with Crippen molar-refractivity contribution in [2.24, 2.45) is 11.3 Å². The molecule has 1 aliphatic heterocycles. The van der Waals surface area contributed by atoms with Crippen molar-refractivity contribution in [3.8, 4) is 0 Å². The molecule has 0 bridgehead atoms. The highest BCUT2D eigenvalue weighted by Gasteiger charge is 2.61. The van der Waals surface area contributed by atoms with Crippen molar-refractivity contribution < 1.29 is 19.7 Å². The predicted octanol–water partition coefficient (Wildman–Crippen LogP) is 2.69. The first-order chi connectivity index (χ1) is 8.51. The smallest absolute Gasteiger partial charge is 0.306 e. The van der Waals surface area contributed by atoms with Crippen molar-refractivity contribution in [2.45, 2.75) is 57.2 Å². The van der Waals surface area contributed by atoms with E-state index >= 15 is 0 Å². The number of rotatable bonds is 1. The van der Waals surface area contributed by atoms with Crippen LogP contribution in [0, 0.1) is 11.3 Å². The topological polar surface area (TPSA) is 55.8 Å². The molecule has 1 N–H and O–H groups in total. The second-order valence-electron chi connectivity index (χ2n) is 6.34. The summed E-state index contributed by atoms with van der Waals surface area (Å²) in [6.07, 6.45) is 4.79. The molecule has 4 atom stereocenters. The van der Waals surface area contributed by atoms with Gasteiger partial charge in [0.2, 0.25) is 0 Å². The van der Waals surface area contributed by atoms with Gasteiger partial charge in [0, 0.05) is 11.3 Å². The Labute approximate surface area is 107 Å². The highest BCUT2D eigenvalue weighted by Crippen LogP contribution is 2.59. The van der Waals surface area contributed by atoms with Crippen molar-refractivity contribution in [1.82, 2.24) is 0 Å². The first-order valence-electron chi connectivity index (χ1n) is 6.71. The molecule has 4 nitrogen and oxygen atoms in total. The molecule has 1 saturated heterocycles. The molecule has 0 aromatic heterocycles. The minimum atomic E-state index is -0.680. The van der Waals surface area contributed by atoms with Crippen LogP contribution in [0.4, 0.5) is 0 Å². The van der Waals surface area contributed by atoms with Gasteiger partial charge in [0.25, 0.3) is 0 Å². The van der Waals surface area contributed by atoms with E-state index in [1.807, 2.05) is 0 Å². The molecule has 2 saturated carbocycles. The molecule has 2 aliphatic carbocycles. The number of ether oxygens (including phenoxy) is 1. The van der Waals surface area contributed by atoms with Crippen molar-refractivity contribution in [3.63, 3.8) is 0 Å². The molecule has 1 heterocycles. The molecule has 100 valence electrons. The molecular formula is C14H20O4. The van der Waals surface area contributed by atoms with E-state index in [2.05, 4.69) is 13.5 Å². The van der Waals surface area contributed by atoms with E-state index in [0.717, 1.165) is 31.3 Å². The summed E-state index contributed by atoms with van der Waals surface area (Å²) in [6, 6.07) is 0. The third-order valence-corrected chi connectivity index (χ3v) is 5.35. The quantitative estimate of drug-likeness (QED) is 0.337. The summed E-state index contributed by atoms with van der Waals surface area (Å²) in [7, 11) is 0. The van der Waals surface area contributed by atoms with Gasteiger partial charge in [-0.05, 0) is 37.7 Å². The third-order valence-electron chi connectivity index (χ3n) is 5.35. The fourth-order valence-electron chi connectivity index (χ4n) is 4.28. The largest absolute Gasteiger partial charge is 0.462 e. The first kappa shape index (κ1) is 12.2. The van der Waals surface area contributed by atoms with E-state index in [4.69, 9.17) is 9.62 Å². The van der Waals surface area contributed by atoms with E-state index in [-0.39, 0.29) is 23.4 Å². The normalized spacial score (nSPS) is 47.4. The zero-order valence-electron chi connectivity index (χ0n) is 10.8. The molecule has 4 heteroatoms. The SMILES string of the molecule is C=C1CCCC2(C)CC3OC(=O)CC3CC12OO. The van der Waals surface area contributed by atoms with Crippen LogP contribution in [0.3, 0.4) is 0 Å². The summed E-state index contributed by atoms with van der Waals surface area (Å²) in [5.41, 5.74) is 0.111. The van der Waals surface area contributed by atoms with Crippen LogP contribution in [0.2, 0.25) is 0 Å². The van der Waals surface area contributed by atoms with Gasteiger partial charge in [0.1, 0.15) is 11.7 Å². The van der Waals surface area contributed by atoms with Gasteiger partial charge in [-0.25, -0.2) is 4.89 Å². The second-order valence-corrected chi connectivity index (χ2v) is 6.34. The Morgan fingerprint density at radius 2 is 2.28 bits per heavy atom. The molecule has 3 fully saturated rings. The molecule has 0 amide bonds. The van der Waals surface area contributed by atoms with Gasteiger partial charge in [-0.3, -0.25) is 10.1 Å². The molecule has 0 aromatic rings. The minimum Gasteiger partial charge on any atom is -0.462 e. The minimum absolute atomic E-state index is 0.00308. The van der Waals surface area contributed by atoms with Crippen LogP contribution in [0.15, 0.2) is 12.2 Å². The number of hydrogen-bond donors (Lipinski definition) is 1. The van der Waals surface area contributed by atoms with E-state index in [0.29, 0.717) is 12.8 Å². The fourth-order valence-corrected chi connectivity index (χ4v) is 4.28. The summed E-state index contributed by atoms with van der Waals surface area (Å²) < 4.78 is 5.40. The Balaban J connectivity index is 1.98. The highest BCUT2D eigenvalue weighted by molar-refractivity contribution is 5.72. The standard InChI is InChI=1S/C14H20O4/c1-9-4-3-5-13(2)8-11-10(6-12(15)17-11)7-14(9,13)18-16/h10-11,16H,1,3-8H2,2H3. The summed E-state index contributed by atoms with van der Waals surface area (Å²) in [5.74, 6) is 0.0403. The van der Waals surface area contributed by atoms with Crippen LogP contribution in [-0.4, -0.2) is 22.9 Å². The predicted molar refractivity (Wildman–Crippen MR) is 64.8 cm³/mol. The maximum Gasteiger partial charge on any atom is 0.306 e. The lowest BCUT2D eigenvalue weighted by Crippen LogP contribution is -2.58. The van der Waals surface area contributed by atoms with Crippen LogP contribution >= 0.6 is 0 Å². The molecule has 3 aliphatic rings. The van der Waals surface area contributed by atoms with Gasteiger partial charge in [0.05, 0.1) is 6.42 Å². The van der Waals surface area contributed by atoms with Gasteiger partial charge in [0.15, 0.2) is 0 Å². The van der Waals surface area contributed by atoms with Crippen LogP contribution in [-0.2, 0) is 14.4 Å². The Kier molecular flexibility index (Phi) is 2.58. The number of fused-ring (bicyclic) bond motifs is 2. The highest BCUT2D eigenvalue weighted by atomic mass is 17.1. The van der Waals surface area contributed by atoms with Gasteiger partial charge in [-0.2, -0.15) is 0 Å². The Hall–Kier alpha value is -0.870. The molecule has 4 unspecified atom stereocenters. The maximum atomic E-state index is 11.4. The number of carbonyl (C=O) groups excluding carboxylic acids is 1. The van der Waals surface area contributed by atoms with Crippen LogP contribution in [0.5, 0.6) is 0 Å². The first-order valence-corrected chi connectivity index (χ1v) is 6.71. The molecule has 0 radical (unpaired) electrons. The Morgan fingerprint density at radius 3 is 3.00 bits per heavy atom. The molecule has 0 aromatic carbocycles. The fraction of sp³-hybridized carbons (Fsp3) is 0.786. The number of hydrogen-bond acceptors (Lipinski definition) is 4. The van der Waals surface area contributed by atoms with Crippen molar-refractivity contribution in [2.75, 3.05) is 0 Å². The average Bonchev–Trinajstić information content (AvgIpc) is 2.65. The van der Waals surface area contributed by atoms with E-state index in [9.17, 15) is 10.1 Å². The van der Waals surface area contributed by atoms with Crippen molar-refractivity contribution in [3.05, 3.63) is 12.2 Å².